The van der Waals surface area contributed by atoms with E-state index in [1.165, 1.54) is 6.07 Å². The molecule has 1 heterocycles. The van der Waals surface area contributed by atoms with Crippen LogP contribution in [0.5, 0.6) is 0 Å². The highest BCUT2D eigenvalue weighted by molar-refractivity contribution is 5.41. The highest BCUT2D eigenvalue weighted by Crippen LogP contribution is 2.15. The Kier molecular flexibility index (Phi) is 2.22. The second-order valence-corrected chi connectivity index (χ2v) is 3.20. The van der Waals surface area contributed by atoms with E-state index in [-0.39, 0.29) is 0 Å². The molecule has 2 rings (SSSR count). The predicted molar refractivity (Wildman–Crippen MR) is 53.0 cm³/mol. The number of aryl methyl sites for hydroxylation is 1. The zero-order valence-electron chi connectivity index (χ0n) is 8.11. The van der Waals surface area contributed by atoms with E-state index in [9.17, 15) is 4.39 Å². The molecule has 4 heteroatoms. The molecular weight excluding hydrogens is 193 g/mol. The van der Waals surface area contributed by atoms with Gasteiger partial charge in [-0.3, -0.25) is 0 Å². The molecule has 0 aliphatic carbocycles. The normalized spacial score (nSPS) is 9.93. The molecule has 3 nitrogen and oxygen atoms in total. The molecule has 0 amide bonds. The lowest BCUT2D eigenvalue weighted by molar-refractivity contribution is 0.617. The predicted octanol–water partition coefficient (Wildman–Crippen LogP) is 2.19. The summed E-state index contributed by atoms with van der Waals surface area (Å²) in [5.74, 6) is -0.425. The summed E-state index contributed by atoms with van der Waals surface area (Å²) >= 11 is 0. The van der Waals surface area contributed by atoms with Crippen LogP contribution in [0, 0.1) is 24.1 Å². The highest BCUT2D eigenvalue weighted by atomic mass is 19.1. The second-order valence-electron chi connectivity index (χ2n) is 3.20. The largest absolute Gasteiger partial charge is 0.303 e. The SMILES string of the molecule is Cc1cn(-c2ccc(C#N)cc2F)cn1. The van der Waals surface area contributed by atoms with Gasteiger partial charge in [-0.1, -0.05) is 0 Å². The number of hydrogen-bond donors (Lipinski definition) is 0. The fraction of sp³-hybridized carbons (Fsp3) is 0.0909. The van der Waals surface area contributed by atoms with Crippen LogP contribution in [0.2, 0.25) is 0 Å². The molecule has 0 N–H and O–H groups in total. The number of nitrogens with zero attached hydrogens (tertiary/aromatic N) is 3. The Hall–Kier alpha value is -2.15. The number of halogens is 1. The molecule has 2 aromatic rings. The van der Waals surface area contributed by atoms with Crippen LogP contribution in [0.3, 0.4) is 0 Å². The van der Waals surface area contributed by atoms with Gasteiger partial charge in [0.2, 0.25) is 0 Å². The van der Waals surface area contributed by atoms with Gasteiger partial charge >= 0.3 is 0 Å². The molecule has 0 atom stereocenters. The number of nitriles is 1. The Morgan fingerprint density at radius 2 is 2.27 bits per heavy atom. The zero-order valence-corrected chi connectivity index (χ0v) is 8.11. The average Bonchev–Trinajstić information content (AvgIpc) is 2.64. The smallest absolute Gasteiger partial charge is 0.148 e. The molecule has 0 saturated carbocycles. The lowest BCUT2D eigenvalue weighted by Gasteiger charge is -2.03. The van der Waals surface area contributed by atoms with E-state index in [1.807, 2.05) is 13.0 Å². The van der Waals surface area contributed by atoms with Crippen LogP contribution in [0.15, 0.2) is 30.7 Å². The first kappa shape index (κ1) is 9.41. The summed E-state index contributed by atoms with van der Waals surface area (Å²) < 4.78 is 15.1. The van der Waals surface area contributed by atoms with Gasteiger partial charge in [0.1, 0.15) is 5.82 Å². The number of rotatable bonds is 1. The molecule has 15 heavy (non-hydrogen) atoms. The van der Waals surface area contributed by atoms with Gasteiger partial charge in [-0.15, -0.1) is 0 Å². The minimum Gasteiger partial charge on any atom is -0.303 e. The Morgan fingerprint density at radius 3 is 2.80 bits per heavy atom. The molecule has 0 saturated heterocycles. The molecule has 0 aliphatic heterocycles. The molecule has 0 radical (unpaired) electrons. The quantitative estimate of drug-likeness (QED) is 0.709. The third kappa shape index (κ3) is 1.72. The molecule has 0 unspecified atom stereocenters. The fourth-order valence-electron chi connectivity index (χ4n) is 1.34. The first-order valence-electron chi connectivity index (χ1n) is 4.41. The summed E-state index contributed by atoms with van der Waals surface area (Å²) in [6.45, 7) is 1.83. The molecule has 74 valence electrons. The first-order chi connectivity index (χ1) is 7.20. The topological polar surface area (TPSA) is 41.6 Å². The van der Waals surface area contributed by atoms with Gasteiger partial charge in [0.15, 0.2) is 0 Å². The highest BCUT2D eigenvalue weighted by Gasteiger charge is 2.05. The van der Waals surface area contributed by atoms with Crippen molar-refractivity contribution >= 4 is 0 Å². The summed E-state index contributed by atoms with van der Waals surface area (Å²) in [6.07, 6.45) is 3.27. The fourth-order valence-corrected chi connectivity index (χ4v) is 1.34. The van der Waals surface area contributed by atoms with E-state index < -0.39 is 5.82 Å². The Bertz CT molecular complexity index is 537. The van der Waals surface area contributed by atoms with Gasteiger partial charge in [-0.25, -0.2) is 9.37 Å². The average molecular weight is 201 g/mol. The van der Waals surface area contributed by atoms with Crippen LogP contribution in [0.4, 0.5) is 4.39 Å². The van der Waals surface area contributed by atoms with E-state index in [1.54, 1.807) is 29.2 Å². The van der Waals surface area contributed by atoms with Crippen LogP contribution >= 0.6 is 0 Å². The van der Waals surface area contributed by atoms with Gasteiger partial charge in [0, 0.05) is 6.20 Å². The molecular formula is C11H8FN3. The third-order valence-electron chi connectivity index (χ3n) is 2.07. The van der Waals surface area contributed by atoms with Crippen molar-refractivity contribution in [2.24, 2.45) is 0 Å². The van der Waals surface area contributed by atoms with Crippen LogP contribution in [0.25, 0.3) is 5.69 Å². The van der Waals surface area contributed by atoms with Gasteiger partial charge in [-0.2, -0.15) is 5.26 Å². The van der Waals surface area contributed by atoms with Crippen molar-refractivity contribution in [1.29, 1.82) is 5.26 Å². The van der Waals surface area contributed by atoms with E-state index in [4.69, 9.17) is 5.26 Å². The van der Waals surface area contributed by atoms with Crippen molar-refractivity contribution in [2.75, 3.05) is 0 Å². The van der Waals surface area contributed by atoms with Crippen molar-refractivity contribution in [2.45, 2.75) is 6.92 Å². The molecule has 0 fully saturated rings. The minimum atomic E-state index is -0.425. The van der Waals surface area contributed by atoms with Crippen molar-refractivity contribution in [1.82, 2.24) is 9.55 Å². The van der Waals surface area contributed by atoms with Crippen molar-refractivity contribution in [3.05, 3.63) is 47.8 Å². The molecule has 0 bridgehead atoms. The summed E-state index contributed by atoms with van der Waals surface area (Å²) in [4.78, 5) is 4.01. The number of aromatic nitrogens is 2. The number of hydrogen-bond acceptors (Lipinski definition) is 2. The minimum absolute atomic E-state index is 0.313. The lowest BCUT2D eigenvalue weighted by atomic mass is 10.2. The molecule has 1 aromatic carbocycles. The zero-order chi connectivity index (χ0) is 10.8. The standard InChI is InChI=1S/C11H8FN3/c1-8-6-15(7-14-8)11-3-2-9(5-13)4-10(11)12/h2-4,6-7H,1H3. The van der Waals surface area contributed by atoms with E-state index in [0.717, 1.165) is 5.69 Å². The maximum absolute atomic E-state index is 13.5. The summed E-state index contributed by atoms with van der Waals surface area (Å²) in [7, 11) is 0. The summed E-state index contributed by atoms with van der Waals surface area (Å²) in [5.41, 5.74) is 1.53. The van der Waals surface area contributed by atoms with E-state index >= 15 is 0 Å². The van der Waals surface area contributed by atoms with Crippen molar-refractivity contribution in [3.63, 3.8) is 0 Å². The van der Waals surface area contributed by atoms with Crippen molar-refractivity contribution < 1.29 is 4.39 Å². The van der Waals surface area contributed by atoms with Gasteiger partial charge in [0.25, 0.3) is 0 Å². The number of benzene rings is 1. The second kappa shape index (κ2) is 3.54. The van der Waals surface area contributed by atoms with E-state index in [2.05, 4.69) is 4.98 Å². The Balaban J connectivity index is 2.51. The summed E-state index contributed by atoms with van der Waals surface area (Å²) in [6, 6.07) is 6.24. The van der Waals surface area contributed by atoms with Gasteiger partial charge in [0.05, 0.1) is 29.3 Å². The van der Waals surface area contributed by atoms with Gasteiger partial charge in [-0.05, 0) is 25.1 Å². The monoisotopic (exact) mass is 201 g/mol. The molecule has 0 aliphatic rings. The maximum Gasteiger partial charge on any atom is 0.148 e. The first-order valence-corrected chi connectivity index (χ1v) is 4.41. The number of imidazole rings is 1. The van der Waals surface area contributed by atoms with Crippen molar-refractivity contribution in [3.8, 4) is 11.8 Å². The Morgan fingerprint density at radius 1 is 1.47 bits per heavy atom. The van der Waals surface area contributed by atoms with Crippen LogP contribution in [0.1, 0.15) is 11.3 Å². The third-order valence-corrected chi connectivity index (χ3v) is 2.07. The maximum atomic E-state index is 13.5. The summed E-state index contributed by atoms with van der Waals surface area (Å²) in [5, 5.41) is 8.59. The van der Waals surface area contributed by atoms with Crippen LogP contribution in [-0.4, -0.2) is 9.55 Å². The molecule has 1 aromatic heterocycles. The van der Waals surface area contributed by atoms with Crippen LogP contribution < -0.4 is 0 Å². The Labute approximate surface area is 86.4 Å². The van der Waals surface area contributed by atoms with E-state index in [0.29, 0.717) is 11.3 Å². The lowest BCUT2D eigenvalue weighted by Crippen LogP contribution is -1.94. The van der Waals surface area contributed by atoms with Crippen LogP contribution in [-0.2, 0) is 0 Å². The molecule has 0 spiro atoms. The van der Waals surface area contributed by atoms with Gasteiger partial charge < -0.3 is 4.57 Å².